The Bertz CT molecular complexity index is 149. The predicted molar refractivity (Wildman–Crippen MR) is 35.7 cm³/mol. The summed E-state index contributed by atoms with van der Waals surface area (Å²) < 4.78 is 1.80. The van der Waals surface area contributed by atoms with E-state index in [4.69, 9.17) is 0 Å². The monoisotopic (exact) mass is 127 g/mol. The van der Waals surface area contributed by atoms with E-state index in [0.717, 1.165) is 19.4 Å². The Kier molecular flexibility index (Phi) is 1.98. The quantitative estimate of drug-likeness (QED) is 0.348. The molecular weight excluding hydrogens is 115 g/mol. The third-order valence-corrected chi connectivity index (χ3v) is 1.61. The lowest BCUT2D eigenvalue weighted by Gasteiger charge is -2.02. The molecule has 0 N–H and O–H groups in total. The Hall–Kier alpha value is -0.660. The Morgan fingerprint density at radius 1 is 1.56 bits per heavy atom. The Balaban J connectivity index is 2.57. The molecule has 2 nitrogen and oxygen atoms in total. The van der Waals surface area contributed by atoms with Crippen molar-refractivity contribution in [1.29, 1.82) is 0 Å². The molecule has 2 heteroatoms. The Morgan fingerprint density at radius 3 is 2.67 bits per heavy atom. The molecule has 1 amide bonds. The summed E-state index contributed by atoms with van der Waals surface area (Å²) in [5.41, 5.74) is 0. The van der Waals surface area contributed by atoms with Crippen LogP contribution in [0.15, 0.2) is 0 Å². The second-order valence-electron chi connectivity index (χ2n) is 2.39. The van der Waals surface area contributed by atoms with Crippen LogP contribution in [0.1, 0.15) is 26.2 Å². The van der Waals surface area contributed by atoms with E-state index < -0.39 is 0 Å². The first-order valence-electron chi connectivity index (χ1n) is 3.41. The molecule has 0 bridgehead atoms. The summed E-state index contributed by atoms with van der Waals surface area (Å²) in [5.74, 6) is 0.176. The molecule has 0 radical (unpaired) electrons. The van der Waals surface area contributed by atoms with Crippen LogP contribution < -0.4 is 0 Å². The minimum atomic E-state index is 0.176. The summed E-state index contributed by atoms with van der Waals surface area (Å²) in [5, 5.41) is 0. The van der Waals surface area contributed by atoms with Crippen molar-refractivity contribution in [1.82, 2.24) is 0 Å². The van der Waals surface area contributed by atoms with E-state index in [1.807, 2.05) is 6.21 Å². The summed E-state index contributed by atoms with van der Waals surface area (Å²) >= 11 is 0. The molecule has 0 aliphatic carbocycles. The SMILES string of the molecule is C[13C](=O)[N+]1=CCCCC1. The molecule has 0 aromatic heterocycles. The maximum absolute atomic E-state index is 10.7. The van der Waals surface area contributed by atoms with Gasteiger partial charge in [0.1, 0.15) is 6.21 Å². The Morgan fingerprint density at radius 2 is 2.33 bits per heavy atom. The summed E-state index contributed by atoms with van der Waals surface area (Å²) in [6.45, 7) is 2.54. The van der Waals surface area contributed by atoms with Crippen LogP contribution in [0, 0.1) is 0 Å². The number of amides is 1. The van der Waals surface area contributed by atoms with E-state index in [2.05, 4.69) is 0 Å². The van der Waals surface area contributed by atoms with Crippen molar-refractivity contribution in [3.63, 3.8) is 0 Å². The third-order valence-electron chi connectivity index (χ3n) is 1.61. The van der Waals surface area contributed by atoms with Crippen molar-refractivity contribution in [2.75, 3.05) is 6.54 Å². The van der Waals surface area contributed by atoms with E-state index in [-0.39, 0.29) is 5.91 Å². The molecular formula is C7H12NO+. The zero-order valence-corrected chi connectivity index (χ0v) is 5.76. The standard InChI is InChI=1S/C7H12NO/c1-7(9)8-5-3-2-4-6-8/h5H,2-4,6H2,1H3/q+1/i7+1. The number of hydrogen-bond acceptors (Lipinski definition) is 1. The van der Waals surface area contributed by atoms with E-state index in [1.54, 1.807) is 11.5 Å². The fourth-order valence-corrected chi connectivity index (χ4v) is 1.05. The van der Waals surface area contributed by atoms with Crippen LogP contribution >= 0.6 is 0 Å². The van der Waals surface area contributed by atoms with Gasteiger partial charge in [-0.2, -0.15) is 4.58 Å². The molecule has 50 valence electrons. The average Bonchev–Trinajstić information content (AvgIpc) is 1.90. The summed E-state index contributed by atoms with van der Waals surface area (Å²) in [6, 6.07) is 0. The molecule has 1 rings (SSSR count). The number of carbonyl (C=O) groups is 1. The van der Waals surface area contributed by atoms with E-state index in [9.17, 15) is 4.79 Å². The van der Waals surface area contributed by atoms with Gasteiger partial charge in [-0.25, -0.2) is 4.79 Å². The molecule has 0 atom stereocenters. The molecule has 0 fully saturated rings. The zero-order chi connectivity index (χ0) is 6.69. The van der Waals surface area contributed by atoms with Crippen LogP contribution in [0.2, 0.25) is 0 Å². The van der Waals surface area contributed by atoms with Gasteiger partial charge >= 0.3 is 5.91 Å². The van der Waals surface area contributed by atoms with E-state index in [0.29, 0.717) is 0 Å². The van der Waals surface area contributed by atoms with Gasteiger partial charge < -0.3 is 0 Å². The largest absolute Gasteiger partial charge is 0.383 e. The smallest absolute Gasteiger partial charge is 0.220 e. The molecule has 0 spiro atoms. The highest BCUT2D eigenvalue weighted by Crippen LogP contribution is 1.99. The minimum Gasteiger partial charge on any atom is -0.220 e. The molecule has 0 aromatic carbocycles. The van der Waals surface area contributed by atoms with Gasteiger partial charge in [-0.05, 0) is 6.42 Å². The summed E-state index contributed by atoms with van der Waals surface area (Å²) in [6.07, 6.45) is 5.46. The summed E-state index contributed by atoms with van der Waals surface area (Å²) in [4.78, 5) is 10.7. The zero-order valence-electron chi connectivity index (χ0n) is 5.76. The normalized spacial score (nSPS) is 19.0. The number of carbonyl (C=O) groups excluding carboxylic acids is 1. The lowest BCUT2D eigenvalue weighted by molar-refractivity contribution is -0.448. The molecule has 0 saturated carbocycles. The second-order valence-corrected chi connectivity index (χ2v) is 2.39. The first-order valence-corrected chi connectivity index (χ1v) is 3.41. The highest BCUT2D eigenvalue weighted by Gasteiger charge is 2.13. The van der Waals surface area contributed by atoms with Crippen molar-refractivity contribution in [3.05, 3.63) is 0 Å². The van der Waals surface area contributed by atoms with Crippen molar-refractivity contribution >= 4 is 12.1 Å². The molecule has 1 aliphatic rings. The highest BCUT2D eigenvalue weighted by atomic mass is 16.2. The second kappa shape index (κ2) is 2.76. The highest BCUT2D eigenvalue weighted by molar-refractivity contribution is 5.70. The van der Waals surface area contributed by atoms with Gasteiger partial charge in [0.2, 0.25) is 0 Å². The topological polar surface area (TPSA) is 20.1 Å². The summed E-state index contributed by atoms with van der Waals surface area (Å²) in [7, 11) is 0. The maximum atomic E-state index is 10.7. The van der Waals surface area contributed by atoms with E-state index >= 15 is 0 Å². The lowest BCUT2D eigenvalue weighted by Crippen LogP contribution is -2.23. The van der Waals surface area contributed by atoms with Gasteiger partial charge in [0, 0.05) is 12.8 Å². The van der Waals surface area contributed by atoms with Crippen LogP contribution in [-0.2, 0) is 4.79 Å². The van der Waals surface area contributed by atoms with Crippen molar-refractivity contribution in [3.8, 4) is 0 Å². The number of rotatable bonds is 0. The van der Waals surface area contributed by atoms with Crippen molar-refractivity contribution in [2.24, 2.45) is 0 Å². The third kappa shape index (κ3) is 1.63. The molecule has 0 aromatic rings. The molecule has 1 aliphatic heterocycles. The van der Waals surface area contributed by atoms with Gasteiger partial charge in [0.25, 0.3) is 0 Å². The van der Waals surface area contributed by atoms with Crippen molar-refractivity contribution in [2.45, 2.75) is 26.2 Å². The fourth-order valence-electron chi connectivity index (χ4n) is 1.05. The van der Waals surface area contributed by atoms with Gasteiger partial charge in [-0.3, -0.25) is 0 Å². The van der Waals surface area contributed by atoms with Gasteiger partial charge in [-0.15, -0.1) is 0 Å². The molecule has 0 saturated heterocycles. The van der Waals surface area contributed by atoms with Crippen molar-refractivity contribution < 1.29 is 9.37 Å². The van der Waals surface area contributed by atoms with Crippen LogP contribution in [0.4, 0.5) is 0 Å². The average molecular weight is 127 g/mol. The molecule has 0 unspecified atom stereocenters. The molecule has 1 heterocycles. The Labute approximate surface area is 55.2 Å². The van der Waals surface area contributed by atoms with Crippen LogP contribution in [0.3, 0.4) is 0 Å². The van der Waals surface area contributed by atoms with E-state index in [1.165, 1.54) is 6.42 Å². The lowest BCUT2D eigenvalue weighted by atomic mass is 10.2. The predicted octanol–water partition coefficient (Wildman–Crippen LogP) is 0.800. The maximum Gasteiger partial charge on any atom is 0.383 e. The van der Waals surface area contributed by atoms with Gasteiger partial charge in [0.15, 0.2) is 6.54 Å². The van der Waals surface area contributed by atoms with Crippen LogP contribution in [0.25, 0.3) is 0 Å². The first kappa shape index (κ1) is 6.46. The molecule has 9 heavy (non-hydrogen) atoms. The first-order chi connectivity index (χ1) is 4.30. The minimum absolute atomic E-state index is 0.176. The number of nitrogens with zero attached hydrogens (tertiary/aromatic N) is 1. The fraction of sp³-hybridized carbons (Fsp3) is 0.714. The van der Waals surface area contributed by atoms with Gasteiger partial charge in [-0.1, -0.05) is 0 Å². The van der Waals surface area contributed by atoms with Crippen LogP contribution in [-0.4, -0.2) is 23.2 Å². The number of hydrogen-bond donors (Lipinski definition) is 0. The van der Waals surface area contributed by atoms with Gasteiger partial charge in [0.05, 0.1) is 6.92 Å². The van der Waals surface area contributed by atoms with Crippen LogP contribution in [0.5, 0.6) is 0 Å².